The van der Waals surface area contributed by atoms with Crippen molar-refractivity contribution < 1.29 is 14.3 Å². The highest BCUT2D eigenvalue weighted by Crippen LogP contribution is 2.35. The van der Waals surface area contributed by atoms with Crippen LogP contribution in [0.5, 0.6) is 5.75 Å². The third-order valence-electron chi connectivity index (χ3n) is 7.42. The number of anilines is 5. The van der Waals surface area contributed by atoms with Crippen molar-refractivity contribution in [3.63, 3.8) is 0 Å². The summed E-state index contributed by atoms with van der Waals surface area (Å²) >= 11 is 6.54. The second kappa shape index (κ2) is 14.7. The Labute approximate surface area is 268 Å². The smallest absolute Gasteiger partial charge is 0.330 e. The van der Waals surface area contributed by atoms with Crippen molar-refractivity contribution in [2.24, 2.45) is 0 Å². The van der Waals surface area contributed by atoms with E-state index in [0.29, 0.717) is 34.8 Å². The number of likely N-dealkylation sites (N-methyl/N-ethyl adjacent to an activating group) is 1. The summed E-state index contributed by atoms with van der Waals surface area (Å²) in [6, 6.07) is 21.9. The molecule has 0 atom stereocenters. The number of benzene rings is 3. The Morgan fingerprint density at radius 2 is 1.78 bits per heavy atom. The molecule has 0 spiro atoms. The molecule has 3 amide bonds. The molecule has 0 aliphatic carbocycles. The predicted molar refractivity (Wildman–Crippen MR) is 181 cm³/mol. The number of rotatable bonds is 12. The van der Waals surface area contributed by atoms with Gasteiger partial charge in [-0.1, -0.05) is 55.8 Å². The van der Waals surface area contributed by atoms with Crippen LogP contribution < -0.4 is 25.2 Å². The van der Waals surface area contributed by atoms with Crippen LogP contribution in [-0.2, 0) is 11.3 Å². The lowest BCUT2D eigenvalue weighted by Crippen LogP contribution is -2.46. The highest BCUT2D eigenvalue weighted by molar-refractivity contribution is 6.34. The largest absolute Gasteiger partial charge is 0.492 e. The summed E-state index contributed by atoms with van der Waals surface area (Å²) in [4.78, 5) is 40.5. The van der Waals surface area contributed by atoms with Gasteiger partial charge in [0.15, 0.2) is 0 Å². The van der Waals surface area contributed by atoms with Gasteiger partial charge in [-0.25, -0.2) is 9.78 Å². The van der Waals surface area contributed by atoms with Crippen LogP contribution in [0.3, 0.4) is 0 Å². The van der Waals surface area contributed by atoms with Crippen LogP contribution in [0.25, 0.3) is 6.08 Å². The van der Waals surface area contributed by atoms with Crippen LogP contribution in [0.15, 0.2) is 85.1 Å². The number of aromatic nitrogens is 2. The Bertz CT molecular complexity index is 1660. The normalized spacial score (nSPS) is 12.9. The van der Waals surface area contributed by atoms with Gasteiger partial charge in [0.25, 0.3) is 0 Å². The first-order chi connectivity index (χ1) is 21.8. The van der Waals surface area contributed by atoms with E-state index in [0.717, 1.165) is 42.2 Å². The number of ether oxygens (including phenoxy) is 1. The van der Waals surface area contributed by atoms with Gasteiger partial charge in [0.1, 0.15) is 18.2 Å². The molecule has 11 heteroatoms. The van der Waals surface area contributed by atoms with Crippen LogP contribution in [-0.4, -0.2) is 60.1 Å². The average molecular weight is 626 g/mol. The highest BCUT2D eigenvalue weighted by Gasteiger charge is 2.32. The lowest BCUT2D eigenvalue weighted by Gasteiger charge is -2.34. The maximum Gasteiger partial charge on any atom is 0.330 e. The van der Waals surface area contributed by atoms with Gasteiger partial charge in [-0.3, -0.25) is 14.6 Å². The van der Waals surface area contributed by atoms with E-state index >= 15 is 0 Å². The van der Waals surface area contributed by atoms with E-state index in [1.165, 1.54) is 15.9 Å². The molecule has 0 fully saturated rings. The minimum absolute atomic E-state index is 0.212. The van der Waals surface area contributed by atoms with E-state index in [4.69, 9.17) is 16.3 Å². The molecule has 0 radical (unpaired) electrons. The Morgan fingerprint density at radius 1 is 1.04 bits per heavy atom. The molecular weight excluding hydrogens is 590 g/mol. The summed E-state index contributed by atoms with van der Waals surface area (Å²) in [6.07, 6.45) is 4.88. The topological polar surface area (TPSA) is 103 Å². The van der Waals surface area contributed by atoms with Crippen molar-refractivity contribution in [3.8, 4) is 5.75 Å². The molecule has 5 rings (SSSR count). The van der Waals surface area contributed by atoms with Gasteiger partial charge in [-0.2, -0.15) is 4.98 Å². The molecular formula is C34H36ClN7O3. The van der Waals surface area contributed by atoms with Crippen molar-refractivity contribution >= 4 is 58.4 Å². The Balaban J connectivity index is 1.24. The number of urea groups is 1. The quantitative estimate of drug-likeness (QED) is 0.167. The van der Waals surface area contributed by atoms with Crippen molar-refractivity contribution in [3.05, 3.63) is 101 Å². The van der Waals surface area contributed by atoms with E-state index in [-0.39, 0.29) is 18.5 Å². The van der Waals surface area contributed by atoms with Gasteiger partial charge in [0.2, 0.25) is 11.9 Å². The molecule has 3 aromatic carbocycles. The maximum absolute atomic E-state index is 13.5. The average Bonchev–Trinajstić information content (AvgIpc) is 3.06. The van der Waals surface area contributed by atoms with E-state index in [1.807, 2.05) is 54.6 Å². The lowest BCUT2D eigenvalue weighted by atomic mass is 10.2. The maximum atomic E-state index is 13.5. The number of nitrogens with one attached hydrogen (secondary N) is 2. The Kier molecular flexibility index (Phi) is 10.3. The van der Waals surface area contributed by atoms with Crippen LogP contribution in [0.2, 0.25) is 5.02 Å². The number of fused-ring (bicyclic) bond motifs is 1. The summed E-state index contributed by atoms with van der Waals surface area (Å²) in [5, 5.41) is 6.41. The zero-order chi connectivity index (χ0) is 31.8. The van der Waals surface area contributed by atoms with Gasteiger partial charge in [-0.15, -0.1) is 0 Å². The van der Waals surface area contributed by atoms with E-state index in [9.17, 15) is 9.59 Å². The van der Waals surface area contributed by atoms with Crippen molar-refractivity contribution in [2.75, 3.05) is 53.7 Å². The first-order valence-electron chi connectivity index (χ1n) is 14.8. The fraction of sp³-hybridized carbons (Fsp3) is 0.235. The molecule has 0 saturated heterocycles. The van der Waals surface area contributed by atoms with Gasteiger partial charge >= 0.3 is 6.03 Å². The number of hydrogen-bond donors (Lipinski definition) is 2. The fourth-order valence-electron chi connectivity index (χ4n) is 4.87. The van der Waals surface area contributed by atoms with Crippen molar-refractivity contribution in [1.82, 2.24) is 14.9 Å². The van der Waals surface area contributed by atoms with Crippen LogP contribution in [0.1, 0.15) is 25.0 Å². The zero-order valence-electron chi connectivity index (χ0n) is 25.5. The molecule has 0 bridgehead atoms. The number of amides is 3. The number of halogens is 1. The van der Waals surface area contributed by atoms with Crippen LogP contribution >= 0.6 is 11.6 Å². The monoisotopic (exact) mass is 625 g/mol. The zero-order valence-corrected chi connectivity index (χ0v) is 26.3. The summed E-state index contributed by atoms with van der Waals surface area (Å²) in [5.74, 6) is 1.35. The molecule has 0 unspecified atom stereocenters. The molecule has 4 aromatic rings. The van der Waals surface area contributed by atoms with E-state index in [1.54, 1.807) is 37.5 Å². The summed E-state index contributed by atoms with van der Waals surface area (Å²) < 4.78 is 5.87. The highest BCUT2D eigenvalue weighted by atomic mass is 35.5. The predicted octanol–water partition coefficient (Wildman–Crippen LogP) is 6.82. The minimum atomic E-state index is -0.312. The van der Waals surface area contributed by atoms with Crippen molar-refractivity contribution in [1.29, 1.82) is 0 Å². The summed E-state index contributed by atoms with van der Waals surface area (Å²) in [6.45, 7) is 7.98. The SMILES string of the molecule is CCN(CC)CCOc1ccc(Nc2ncc3c(n2)N(C)C(=O)N(c2cc(NC(=O)C=Cc4ccccc4)ccc2Cl)C3)cc1. The second-order valence-electron chi connectivity index (χ2n) is 10.4. The van der Waals surface area contributed by atoms with Gasteiger partial charge in [0.05, 0.1) is 17.3 Å². The minimum Gasteiger partial charge on any atom is -0.492 e. The molecule has 1 aromatic heterocycles. The summed E-state index contributed by atoms with van der Waals surface area (Å²) in [7, 11) is 1.66. The summed E-state index contributed by atoms with van der Waals surface area (Å²) in [5.41, 5.74) is 3.42. The third-order valence-corrected chi connectivity index (χ3v) is 7.74. The Morgan fingerprint density at radius 3 is 2.51 bits per heavy atom. The molecule has 0 saturated carbocycles. The van der Waals surface area contributed by atoms with Gasteiger partial charge in [-0.05, 0) is 67.2 Å². The Hall–Kier alpha value is -4.93. The van der Waals surface area contributed by atoms with E-state index in [2.05, 4.69) is 39.3 Å². The second-order valence-corrected chi connectivity index (χ2v) is 10.8. The lowest BCUT2D eigenvalue weighted by molar-refractivity contribution is -0.111. The van der Waals surface area contributed by atoms with Gasteiger partial charge in [0, 0.05) is 42.8 Å². The first-order valence-corrected chi connectivity index (χ1v) is 15.2. The molecule has 1 aliphatic rings. The third kappa shape index (κ3) is 7.97. The van der Waals surface area contributed by atoms with Crippen LogP contribution in [0.4, 0.5) is 33.6 Å². The number of hydrogen-bond acceptors (Lipinski definition) is 7. The molecule has 232 valence electrons. The number of nitrogens with zero attached hydrogens (tertiary/aromatic N) is 5. The number of carbonyl (C=O) groups excluding carboxylic acids is 2. The molecule has 45 heavy (non-hydrogen) atoms. The van der Waals surface area contributed by atoms with Gasteiger partial charge < -0.3 is 20.3 Å². The fourth-order valence-corrected chi connectivity index (χ4v) is 5.09. The van der Waals surface area contributed by atoms with E-state index < -0.39 is 0 Å². The first kappa shape index (κ1) is 31.5. The van der Waals surface area contributed by atoms with Crippen LogP contribution in [0, 0.1) is 0 Å². The molecule has 1 aliphatic heterocycles. The van der Waals surface area contributed by atoms with Crippen molar-refractivity contribution in [2.45, 2.75) is 20.4 Å². The molecule has 2 heterocycles. The molecule has 2 N–H and O–H groups in total. The molecule has 10 nitrogen and oxygen atoms in total. The standard InChI is InChI=1S/C34H36ClN7O3/c1-4-41(5-2)19-20-45-28-15-12-26(13-16-28)38-33-36-22-25-23-42(34(44)40(3)32(25)39-33)30-21-27(14-17-29(30)35)37-31(43)18-11-24-9-7-6-8-10-24/h6-18,21-22H,4-5,19-20,23H2,1-3H3,(H,37,43)(H,36,38,39). The number of carbonyl (C=O) groups is 2.